The Bertz CT molecular complexity index is 895. The van der Waals surface area contributed by atoms with Crippen LogP contribution in [0.4, 0.5) is 0 Å². The van der Waals surface area contributed by atoms with E-state index in [2.05, 4.69) is 15.5 Å². The van der Waals surface area contributed by atoms with Crippen LogP contribution in [-0.2, 0) is 17.8 Å². The van der Waals surface area contributed by atoms with Crippen molar-refractivity contribution in [1.29, 1.82) is 0 Å². The van der Waals surface area contributed by atoms with Gasteiger partial charge in [0, 0.05) is 39.5 Å². The molecule has 2 N–H and O–H groups in total. The fourth-order valence-corrected chi connectivity index (χ4v) is 3.05. The number of benzene rings is 1. The molecule has 0 saturated heterocycles. The van der Waals surface area contributed by atoms with Gasteiger partial charge in [-0.3, -0.25) is 4.79 Å². The Morgan fingerprint density at radius 2 is 2.25 bits per heavy atom. The number of aromatic nitrogens is 2. The molecule has 0 unspecified atom stereocenters. The highest BCUT2D eigenvalue weighted by molar-refractivity contribution is 6.32. The zero-order chi connectivity index (χ0) is 16.7. The topological polar surface area (TPSA) is 70.9 Å². The summed E-state index contributed by atoms with van der Waals surface area (Å²) < 4.78 is 4.86. The van der Waals surface area contributed by atoms with Crippen LogP contribution >= 0.6 is 11.6 Å². The molecular weight excluding hydrogens is 326 g/mol. The predicted molar refractivity (Wildman–Crippen MR) is 91.8 cm³/mol. The van der Waals surface area contributed by atoms with Crippen molar-refractivity contribution < 1.29 is 9.32 Å². The third-order valence-corrected chi connectivity index (χ3v) is 5.05. The predicted octanol–water partition coefficient (Wildman–Crippen LogP) is 3.82. The van der Waals surface area contributed by atoms with Gasteiger partial charge in [0.05, 0.1) is 12.2 Å². The average Bonchev–Trinajstić information content (AvgIpc) is 2.98. The minimum Gasteiger partial charge on any atom is -0.365 e. The van der Waals surface area contributed by atoms with Gasteiger partial charge in [-0.25, -0.2) is 0 Å². The van der Waals surface area contributed by atoms with E-state index in [1.807, 2.05) is 31.2 Å². The van der Waals surface area contributed by atoms with Crippen LogP contribution in [0.25, 0.3) is 10.9 Å². The molecule has 1 amide bonds. The number of aromatic amines is 1. The van der Waals surface area contributed by atoms with Crippen LogP contribution < -0.4 is 5.32 Å². The van der Waals surface area contributed by atoms with Crippen molar-refractivity contribution in [2.45, 2.75) is 32.7 Å². The van der Waals surface area contributed by atoms with Crippen LogP contribution in [0, 0.1) is 5.41 Å². The molecule has 2 heterocycles. The minimum atomic E-state index is -0.153. The number of rotatable bonds is 5. The van der Waals surface area contributed by atoms with Crippen molar-refractivity contribution in [1.82, 2.24) is 15.5 Å². The average molecular weight is 344 g/mol. The van der Waals surface area contributed by atoms with Crippen LogP contribution in [0.2, 0.25) is 5.02 Å². The SMILES string of the molecule is CC1(C(=O)NCc2cc3cc(Cl)c(Cc4ccon4)cc3[nH]2)CC1. The number of nitrogens with zero attached hydrogens (tertiary/aromatic N) is 1. The van der Waals surface area contributed by atoms with Crippen molar-refractivity contribution in [2.24, 2.45) is 5.41 Å². The molecule has 3 aromatic rings. The van der Waals surface area contributed by atoms with Crippen molar-refractivity contribution in [2.75, 3.05) is 0 Å². The lowest BCUT2D eigenvalue weighted by molar-refractivity contribution is -0.125. The molecule has 24 heavy (non-hydrogen) atoms. The number of carbonyl (C=O) groups is 1. The van der Waals surface area contributed by atoms with Crippen LogP contribution in [0.1, 0.15) is 36.7 Å². The fourth-order valence-electron chi connectivity index (χ4n) is 2.82. The van der Waals surface area contributed by atoms with Crippen molar-refractivity contribution in [3.63, 3.8) is 0 Å². The second kappa shape index (κ2) is 5.67. The first-order chi connectivity index (χ1) is 11.5. The van der Waals surface area contributed by atoms with E-state index in [1.54, 1.807) is 6.26 Å². The zero-order valence-electron chi connectivity index (χ0n) is 13.4. The summed E-state index contributed by atoms with van der Waals surface area (Å²) >= 11 is 6.38. The Morgan fingerprint density at radius 1 is 1.42 bits per heavy atom. The number of hydrogen-bond donors (Lipinski definition) is 2. The highest BCUT2D eigenvalue weighted by atomic mass is 35.5. The maximum atomic E-state index is 12.0. The Balaban J connectivity index is 1.53. The Kier molecular flexibility index (Phi) is 3.61. The van der Waals surface area contributed by atoms with E-state index in [9.17, 15) is 4.79 Å². The molecule has 0 radical (unpaired) electrons. The number of H-pyrrole nitrogens is 1. The van der Waals surface area contributed by atoms with Gasteiger partial charge in [-0.15, -0.1) is 0 Å². The molecule has 1 aliphatic rings. The van der Waals surface area contributed by atoms with E-state index in [1.165, 1.54) is 0 Å². The summed E-state index contributed by atoms with van der Waals surface area (Å²) in [6.45, 7) is 2.50. The van der Waals surface area contributed by atoms with Crippen LogP contribution in [0.5, 0.6) is 0 Å². The van der Waals surface area contributed by atoms with Gasteiger partial charge in [-0.05, 0) is 36.6 Å². The highest BCUT2D eigenvalue weighted by Crippen LogP contribution is 2.45. The lowest BCUT2D eigenvalue weighted by atomic mass is 10.1. The lowest BCUT2D eigenvalue weighted by Crippen LogP contribution is -2.29. The fraction of sp³-hybridized carbons (Fsp3) is 0.333. The van der Waals surface area contributed by atoms with E-state index < -0.39 is 0 Å². The second-order valence-electron chi connectivity index (χ2n) is 6.74. The minimum absolute atomic E-state index is 0.130. The molecule has 6 heteroatoms. The molecule has 4 rings (SSSR count). The maximum Gasteiger partial charge on any atom is 0.226 e. The molecule has 0 atom stereocenters. The zero-order valence-corrected chi connectivity index (χ0v) is 14.1. The van der Waals surface area contributed by atoms with Gasteiger partial charge in [0.15, 0.2) is 0 Å². The molecule has 124 valence electrons. The second-order valence-corrected chi connectivity index (χ2v) is 7.14. The van der Waals surface area contributed by atoms with Crippen LogP contribution in [-0.4, -0.2) is 16.0 Å². The van der Waals surface area contributed by atoms with Crippen molar-refractivity contribution in [3.8, 4) is 0 Å². The molecule has 2 aromatic heterocycles. The number of halogens is 1. The Labute approximate surface area is 144 Å². The number of nitrogens with one attached hydrogen (secondary N) is 2. The summed E-state index contributed by atoms with van der Waals surface area (Å²) in [5.74, 6) is 0.130. The first-order valence-corrected chi connectivity index (χ1v) is 8.39. The first kappa shape index (κ1) is 15.3. The van der Waals surface area contributed by atoms with E-state index in [0.29, 0.717) is 18.0 Å². The van der Waals surface area contributed by atoms with E-state index >= 15 is 0 Å². The van der Waals surface area contributed by atoms with Gasteiger partial charge in [0.2, 0.25) is 5.91 Å². The number of carbonyl (C=O) groups excluding carboxylic acids is 1. The number of hydrogen-bond acceptors (Lipinski definition) is 3. The summed E-state index contributed by atoms with van der Waals surface area (Å²) in [6.07, 6.45) is 4.13. The summed E-state index contributed by atoms with van der Waals surface area (Å²) in [5.41, 5.74) is 3.64. The Hall–Kier alpha value is -2.27. The normalized spacial score (nSPS) is 15.6. The van der Waals surface area contributed by atoms with E-state index in [4.69, 9.17) is 16.1 Å². The summed E-state index contributed by atoms with van der Waals surface area (Å²) in [4.78, 5) is 15.4. The first-order valence-electron chi connectivity index (χ1n) is 8.01. The van der Waals surface area contributed by atoms with Gasteiger partial charge in [0.25, 0.3) is 0 Å². The van der Waals surface area contributed by atoms with Crippen molar-refractivity contribution >= 4 is 28.4 Å². The third-order valence-electron chi connectivity index (χ3n) is 4.69. The standard InChI is InChI=1S/C18H18ClN3O2/c1-18(3-4-18)17(23)20-10-14-7-12-8-15(19)11(9-16(12)21-14)6-13-2-5-24-22-13/h2,5,7-9,21H,3-4,6,10H2,1H3,(H,20,23). The monoisotopic (exact) mass is 343 g/mol. The van der Waals surface area contributed by atoms with Crippen LogP contribution in [0.3, 0.4) is 0 Å². The van der Waals surface area contributed by atoms with Gasteiger partial charge >= 0.3 is 0 Å². The van der Waals surface area contributed by atoms with Gasteiger partial charge < -0.3 is 14.8 Å². The quantitative estimate of drug-likeness (QED) is 0.739. The molecule has 1 saturated carbocycles. The third kappa shape index (κ3) is 2.91. The Morgan fingerprint density at radius 3 is 2.96 bits per heavy atom. The van der Waals surface area contributed by atoms with Gasteiger partial charge in [0.1, 0.15) is 6.26 Å². The van der Waals surface area contributed by atoms with E-state index in [0.717, 1.165) is 40.7 Å². The molecule has 1 aromatic carbocycles. The largest absolute Gasteiger partial charge is 0.365 e. The summed E-state index contributed by atoms with van der Waals surface area (Å²) in [5, 5.41) is 8.66. The molecular formula is C18H18ClN3O2. The molecule has 5 nitrogen and oxygen atoms in total. The van der Waals surface area contributed by atoms with E-state index in [-0.39, 0.29) is 11.3 Å². The van der Waals surface area contributed by atoms with Crippen LogP contribution in [0.15, 0.2) is 35.1 Å². The summed E-state index contributed by atoms with van der Waals surface area (Å²) in [7, 11) is 0. The maximum absolute atomic E-state index is 12.0. The van der Waals surface area contributed by atoms with Gasteiger partial charge in [-0.1, -0.05) is 23.7 Å². The summed E-state index contributed by atoms with van der Waals surface area (Å²) in [6, 6.07) is 7.82. The molecule has 0 spiro atoms. The molecule has 1 aliphatic carbocycles. The smallest absolute Gasteiger partial charge is 0.226 e. The number of fused-ring (bicyclic) bond motifs is 1. The number of amides is 1. The van der Waals surface area contributed by atoms with Crippen molar-refractivity contribution in [3.05, 3.63) is 52.5 Å². The van der Waals surface area contributed by atoms with Gasteiger partial charge in [-0.2, -0.15) is 0 Å². The molecule has 0 bridgehead atoms. The highest BCUT2D eigenvalue weighted by Gasteiger charge is 2.44. The molecule has 0 aliphatic heterocycles. The lowest BCUT2D eigenvalue weighted by Gasteiger charge is -2.08. The molecule has 1 fully saturated rings.